The number of nitrogens with one attached hydrogen (secondary N) is 2. The van der Waals surface area contributed by atoms with E-state index in [9.17, 15) is 9.59 Å². The van der Waals surface area contributed by atoms with E-state index in [2.05, 4.69) is 15.6 Å². The number of carbonyl (C=O) groups excluding carboxylic acids is 2. The Morgan fingerprint density at radius 2 is 1.74 bits per heavy atom. The van der Waals surface area contributed by atoms with Crippen molar-refractivity contribution < 1.29 is 9.59 Å². The molecular formula is C15H12Cl3N3O2. The van der Waals surface area contributed by atoms with Crippen LogP contribution in [0.25, 0.3) is 0 Å². The third-order valence-electron chi connectivity index (χ3n) is 2.84. The highest BCUT2D eigenvalue weighted by Crippen LogP contribution is 2.21. The molecule has 0 saturated carbocycles. The van der Waals surface area contributed by atoms with E-state index in [0.717, 1.165) is 5.56 Å². The van der Waals surface area contributed by atoms with Gasteiger partial charge in [-0.3, -0.25) is 9.59 Å². The van der Waals surface area contributed by atoms with E-state index in [0.29, 0.717) is 10.7 Å². The molecular weight excluding hydrogens is 361 g/mol. The van der Waals surface area contributed by atoms with Crippen LogP contribution in [0.5, 0.6) is 0 Å². The first-order chi connectivity index (χ1) is 11.0. The van der Waals surface area contributed by atoms with Crippen LogP contribution in [0.4, 0.5) is 5.69 Å². The van der Waals surface area contributed by atoms with Crippen LogP contribution >= 0.6 is 34.8 Å². The van der Waals surface area contributed by atoms with Crippen molar-refractivity contribution in [3.8, 4) is 0 Å². The van der Waals surface area contributed by atoms with Crippen molar-refractivity contribution in [3.05, 3.63) is 57.3 Å². The molecule has 0 saturated heterocycles. The van der Waals surface area contributed by atoms with E-state index in [1.54, 1.807) is 18.2 Å². The average Bonchev–Trinajstić information content (AvgIpc) is 2.49. The summed E-state index contributed by atoms with van der Waals surface area (Å²) in [6.45, 7) is 0.245. The van der Waals surface area contributed by atoms with Crippen LogP contribution in [-0.4, -0.2) is 16.8 Å². The number of halogens is 3. The number of nitrogens with zero attached hydrogens (tertiary/aromatic N) is 1. The van der Waals surface area contributed by atoms with Crippen molar-refractivity contribution in [2.45, 2.75) is 13.0 Å². The predicted molar refractivity (Wildman–Crippen MR) is 90.8 cm³/mol. The summed E-state index contributed by atoms with van der Waals surface area (Å²) in [7, 11) is 0. The molecule has 5 nitrogen and oxygen atoms in total. The Bertz CT molecular complexity index is 738. The molecule has 23 heavy (non-hydrogen) atoms. The molecule has 2 N–H and O–H groups in total. The second-order valence-corrected chi connectivity index (χ2v) is 5.72. The fourth-order valence-electron chi connectivity index (χ4n) is 1.74. The number of pyridine rings is 1. The summed E-state index contributed by atoms with van der Waals surface area (Å²) in [5, 5.41) is 5.95. The molecule has 1 heterocycles. The Balaban J connectivity index is 1.85. The summed E-state index contributed by atoms with van der Waals surface area (Å²) in [5.74, 6) is -0.937. The van der Waals surface area contributed by atoms with Crippen LogP contribution in [0.3, 0.4) is 0 Å². The van der Waals surface area contributed by atoms with Gasteiger partial charge < -0.3 is 10.6 Å². The first kappa shape index (κ1) is 17.5. The molecule has 0 aliphatic rings. The van der Waals surface area contributed by atoms with Crippen LogP contribution < -0.4 is 10.6 Å². The molecule has 0 radical (unpaired) electrons. The highest BCUT2D eigenvalue weighted by atomic mass is 35.5. The van der Waals surface area contributed by atoms with E-state index >= 15 is 0 Å². The highest BCUT2D eigenvalue weighted by molar-refractivity contribution is 6.34. The van der Waals surface area contributed by atoms with Crippen LogP contribution in [-0.2, 0) is 16.1 Å². The van der Waals surface area contributed by atoms with Gasteiger partial charge in [0.15, 0.2) is 5.15 Å². The van der Waals surface area contributed by atoms with Gasteiger partial charge >= 0.3 is 0 Å². The van der Waals surface area contributed by atoms with Gasteiger partial charge in [-0.15, -0.1) is 0 Å². The minimum Gasteiger partial charge on any atom is -0.352 e. The second-order valence-electron chi connectivity index (χ2n) is 4.57. The van der Waals surface area contributed by atoms with E-state index in [4.69, 9.17) is 34.8 Å². The third kappa shape index (κ3) is 5.39. The molecule has 120 valence electrons. The van der Waals surface area contributed by atoms with Crippen LogP contribution in [0, 0.1) is 0 Å². The largest absolute Gasteiger partial charge is 0.352 e. The van der Waals surface area contributed by atoms with Gasteiger partial charge in [-0.2, -0.15) is 0 Å². The lowest BCUT2D eigenvalue weighted by Gasteiger charge is -2.08. The molecule has 0 aliphatic heterocycles. The zero-order valence-electron chi connectivity index (χ0n) is 11.8. The van der Waals surface area contributed by atoms with E-state index in [1.807, 2.05) is 6.07 Å². The number of hydrogen-bond donors (Lipinski definition) is 2. The zero-order chi connectivity index (χ0) is 16.8. The van der Waals surface area contributed by atoms with E-state index < -0.39 is 11.8 Å². The summed E-state index contributed by atoms with van der Waals surface area (Å²) < 4.78 is 0. The smallest absolute Gasteiger partial charge is 0.233 e. The predicted octanol–water partition coefficient (Wildman–Crippen LogP) is 3.69. The Morgan fingerprint density at radius 1 is 1.00 bits per heavy atom. The zero-order valence-corrected chi connectivity index (χ0v) is 14.0. The summed E-state index contributed by atoms with van der Waals surface area (Å²) in [5.41, 5.74) is 1.06. The number of rotatable bonds is 5. The molecule has 0 fully saturated rings. The van der Waals surface area contributed by atoms with Crippen molar-refractivity contribution in [2.24, 2.45) is 0 Å². The maximum absolute atomic E-state index is 11.8. The van der Waals surface area contributed by atoms with E-state index in [1.165, 1.54) is 12.1 Å². The quantitative estimate of drug-likeness (QED) is 0.621. The summed E-state index contributed by atoms with van der Waals surface area (Å²) >= 11 is 17.5. The van der Waals surface area contributed by atoms with Crippen molar-refractivity contribution in [2.75, 3.05) is 5.32 Å². The average molecular weight is 373 g/mol. The van der Waals surface area contributed by atoms with Crippen molar-refractivity contribution in [1.82, 2.24) is 10.3 Å². The van der Waals surface area contributed by atoms with Crippen LogP contribution in [0.15, 0.2) is 36.4 Å². The maximum Gasteiger partial charge on any atom is 0.233 e. The van der Waals surface area contributed by atoms with Crippen molar-refractivity contribution in [1.29, 1.82) is 0 Å². The lowest BCUT2D eigenvalue weighted by Crippen LogP contribution is -2.27. The molecule has 0 unspecified atom stereocenters. The Hall–Kier alpha value is -1.82. The molecule has 8 heteroatoms. The minimum atomic E-state index is -0.507. The molecule has 0 aliphatic carbocycles. The molecule has 2 aromatic rings. The third-order valence-corrected chi connectivity index (χ3v) is 3.71. The highest BCUT2D eigenvalue weighted by Gasteiger charge is 2.12. The second kappa shape index (κ2) is 8.15. The number of benzene rings is 1. The molecule has 1 aromatic carbocycles. The standard InChI is InChI=1S/C15H12Cl3N3O2/c16-10-4-2-1-3-9(10)8-19-13(22)7-14(23)20-11-5-6-12(17)21-15(11)18/h1-6H,7-8H2,(H,19,22)(H,20,23). The van der Waals surface area contributed by atoms with Gasteiger partial charge in [-0.25, -0.2) is 4.98 Å². The molecule has 0 atom stereocenters. The van der Waals surface area contributed by atoms with Crippen LogP contribution in [0.1, 0.15) is 12.0 Å². The summed E-state index contributed by atoms with van der Waals surface area (Å²) in [4.78, 5) is 27.4. The fraction of sp³-hybridized carbons (Fsp3) is 0.133. The first-order valence-corrected chi connectivity index (χ1v) is 7.71. The normalized spacial score (nSPS) is 10.2. The monoisotopic (exact) mass is 371 g/mol. The van der Waals surface area contributed by atoms with E-state index in [-0.39, 0.29) is 23.3 Å². The SMILES string of the molecule is O=C(CC(=O)Nc1ccc(Cl)nc1Cl)NCc1ccccc1Cl. The maximum atomic E-state index is 11.8. The summed E-state index contributed by atoms with van der Waals surface area (Å²) in [6.07, 6.45) is -0.344. The van der Waals surface area contributed by atoms with Gasteiger partial charge in [0.2, 0.25) is 11.8 Å². The van der Waals surface area contributed by atoms with Gasteiger partial charge in [0.25, 0.3) is 0 Å². The number of anilines is 1. The number of carbonyl (C=O) groups is 2. The molecule has 2 amide bonds. The van der Waals surface area contributed by atoms with Gasteiger partial charge in [0, 0.05) is 11.6 Å². The first-order valence-electron chi connectivity index (χ1n) is 6.57. The number of hydrogen-bond acceptors (Lipinski definition) is 3. The van der Waals surface area contributed by atoms with Crippen molar-refractivity contribution >= 4 is 52.3 Å². The molecule has 2 rings (SSSR count). The molecule has 1 aromatic heterocycles. The van der Waals surface area contributed by atoms with Gasteiger partial charge in [0.05, 0.1) is 5.69 Å². The Kier molecular flexibility index (Phi) is 6.21. The number of amides is 2. The Labute approximate surface area is 148 Å². The van der Waals surface area contributed by atoms with Crippen LogP contribution in [0.2, 0.25) is 15.3 Å². The fourth-order valence-corrected chi connectivity index (χ4v) is 2.34. The molecule has 0 bridgehead atoms. The molecule has 0 spiro atoms. The number of aromatic nitrogens is 1. The lowest BCUT2D eigenvalue weighted by atomic mass is 10.2. The lowest BCUT2D eigenvalue weighted by molar-refractivity contribution is -0.126. The van der Waals surface area contributed by atoms with Gasteiger partial charge in [-0.1, -0.05) is 53.0 Å². The Morgan fingerprint density at radius 3 is 2.43 bits per heavy atom. The van der Waals surface area contributed by atoms with Gasteiger partial charge in [0.1, 0.15) is 11.6 Å². The van der Waals surface area contributed by atoms with Gasteiger partial charge in [-0.05, 0) is 23.8 Å². The van der Waals surface area contributed by atoms with Crippen molar-refractivity contribution in [3.63, 3.8) is 0 Å². The topological polar surface area (TPSA) is 71.1 Å². The summed E-state index contributed by atoms with van der Waals surface area (Å²) in [6, 6.07) is 10.1. The minimum absolute atomic E-state index is 0.0577.